The molecule has 12 rings (SSSR count). The lowest BCUT2D eigenvalue weighted by atomic mass is 10.1. The summed E-state index contributed by atoms with van der Waals surface area (Å²) in [6.07, 6.45) is 3.84. The minimum absolute atomic E-state index is 0.551. The first-order valence-corrected chi connectivity index (χ1v) is 21.1. The Bertz CT molecular complexity index is 3100. The predicted octanol–water partition coefficient (Wildman–Crippen LogP) is 7.88. The molecule has 5 aromatic heterocycles. The highest BCUT2D eigenvalue weighted by Crippen LogP contribution is 2.35. The second kappa shape index (κ2) is 12.2. The van der Waals surface area contributed by atoms with Crippen molar-refractivity contribution in [2.24, 2.45) is 0 Å². The summed E-state index contributed by atoms with van der Waals surface area (Å²) in [4.78, 5) is 26.5. The first-order chi connectivity index (χ1) is 28.3. The molecule has 11 aromatic rings. The van der Waals surface area contributed by atoms with Crippen LogP contribution in [-0.2, 0) is 0 Å². The summed E-state index contributed by atoms with van der Waals surface area (Å²) in [5.74, 6) is 1.68. The van der Waals surface area contributed by atoms with E-state index in [0.29, 0.717) is 17.7 Å². The van der Waals surface area contributed by atoms with Crippen molar-refractivity contribution >= 4 is 72.7 Å². The highest BCUT2D eigenvalue weighted by Gasteiger charge is 2.51. The van der Waals surface area contributed by atoms with E-state index in [1.165, 1.54) is 10.4 Å². The van der Waals surface area contributed by atoms with E-state index in [9.17, 15) is 0 Å². The number of nitrogens with zero attached hydrogens (tertiary/aromatic N) is 7. The van der Waals surface area contributed by atoms with Crippen LogP contribution in [0.1, 0.15) is 0 Å². The zero-order valence-corrected chi connectivity index (χ0v) is 31.5. The van der Waals surface area contributed by atoms with E-state index < -0.39 is 8.07 Å². The Labute approximate surface area is 328 Å². The fourth-order valence-electron chi connectivity index (χ4n) is 9.21. The molecule has 6 aromatic carbocycles. The van der Waals surface area contributed by atoms with Gasteiger partial charge in [0, 0.05) is 61.3 Å². The molecule has 0 fully saturated rings. The molecule has 0 saturated heterocycles. The van der Waals surface area contributed by atoms with E-state index in [0.717, 1.165) is 70.9 Å². The van der Waals surface area contributed by atoms with Gasteiger partial charge < -0.3 is 0 Å². The number of para-hydroxylation sites is 4. The van der Waals surface area contributed by atoms with Gasteiger partial charge >= 0.3 is 0 Å². The monoisotopic (exact) mass is 745 g/mol. The van der Waals surface area contributed by atoms with Gasteiger partial charge in [0.1, 0.15) is 0 Å². The van der Waals surface area contributed by atoms with Crippen molar-refractivity contribution in [1.82, 2.24) is 34.1 Å². The molecule has 7 nitrogen and oxygen atoms in total. The smallest absolute Gasteiger partial charge is 0.240 e. The molecule has 8 heteroatoms. The van der Waals surface area contributed by atoms with E-state index in [1.54, 1.807) is 0 Å². The summed E-state index contributed by atoms with van der Waals surface area (Å²) in [6.45, 7) is 0. The second-order valence-electron chi connectivity index (χ2n) is 14.5. The molecule has 0 atom stereocenters. The number of rotatable bonds is 5. The van der Waals surface area contributed by atoms with Gasteiger partial charge in [0.15, 0.2) is 5.82 Å². The average Bonchev–Trinajstić information content (AvgIpc) is 3.91. The van der Waals surface area contributed by atoms with E-state index >= 15 is 0 Å². The molecule has 0 N–H and O–H groups in total. The third-order valence-electron chi connectivity index (χ3n) is 11.5. The minimum atomic E-state index is -2.97. The maximum absolute atomic E-state index is 5.38. The molecular weight excluding hydrogens is 715 g/mol. The van der Waals surface area contributed by atoms with Gasteiger partial charge in [0.05, 0.1) is 22.1 Å². The van der Waals surface area contributed by atoms with E-state index in [2.05, 4.69) is 173 Å². The van der Waals surface area contributed by atoms with Crippen molar-refractivity contribution in [3.8, 4) is 34.4 Å². The normalized spacial score (nSPS) is 13.1. The molecule has 57 heavy (non-hydrogen) atoms. The average molecular weight is 746 g/mol. The largest absolute Gasteiger partial charge is 0.278 e. The Morgan fingerprint density at radius 1 is 0.368 bits per heavy atom. The van der Waals surface area contributed by atoms with Gasteiger partial charge in [-0.25, -0.2) is 0 Å². The summed E-state index contributed by atoms with van der Waals surface area (Å²) >= 11 is 0. The quantitative estimate of drug-likeness (QED) is 0.168. The lowest BCUT2D eigenvalue weighted by Crippen LogP contribution is -2.74. The van der Waals surface area contributed by atoms with Gasteiger partial charge in [-0.15, -0.1) is 0 Å². The van der Waals surface area contributed by atoms with Crippen LogP contribution in [0.2, 0.25) is 0 Å². The number of aromatic nitrogens is 7. The van der Waals surface area contributed by atoms with Crippen molar-refractivity contribution in [1.29, 1.82) is 0 Å². The second-order valence-corrected chi connectivity index (χ2v) is 18.1. The maximum atomic E-state index is 5.38. The standard InChI is InChI=1S/C49H31N7Si/c1-2-16-33(17-3-1)57(46-39(23-13-29-50-46)40-24-14-30-51-47(40)57)34-18-12-15-32(31-34)45-52-48(55-41-25-8-4-19-35(41)36-20-5-9-26-42(36)55)54-49(53-45)56-43-27-10-6-21-37(43)38-22-7-11-28-44(38)56/h1-31H. The highest BCUT2D eigenvalue weighted by atomic mass is 28.3. The van der Waals surface area contributed by atoms with Crippen molar-refractivity contribution in [3.05, 3.63) is 188 Å². The topological polar surface area (TPSA) is 74.3 Å². The van der Waals surface area contributed by atoms with Gasteiger partial charge in [-0.05, 0) is 46.8 Å². The molecule has 0 radical (unpaired) electrons. The Morgan fingerprint density at radius 3 is 1.30 bits per heavy atom. The molecule has 0 aliphatic carbocycles. The van der Waals surface area contributed by atoms with Crippen LogP contribution in [0.3, 0.4) is 0 Å². The first-order valence-electron chi connectivity index (χ1n) is 19.1. The first kappa shape index (κ1) is 31.8. The number of benzene rings is 6. The fraction of sp³-hybridized carbons (Fsp3) is 0. The molecule has 0 unspecified atom stereocenters. The third-order valence-corrected chi connectivity index (χ3v) is 16.1. The number of pyridine rings is 2. The lowest BCUT2D eigenvalue weighted by molar-refractivity contribution is 0.893. The molecule has 0 saturated carbocycles. The Morgan fingerprint density at radius 2 is 0.807 bits per heavy atom. The van der Waals surface area contributed by atoms with E-state index in [4.69, 9.17) is 24.9 Å². The van der Waals surface area contributed by atoms with Gasteiger partial charge in [-0.1, -0.05) is 140 Å². The van der Waals surface area contributed by atoms with Crippen LogP contribution in [0.15, 0.2) is 188 Å². The Kier molecular flexibility index (Phi) is 6.81. The Hall–Kier alpha value is -7.55. The molecule has 6 heterocycles. The summed E-state index contributed by atoms with van der Waals surface area (Å²) in [5, 5.41) is 9.15. The highest BCUT2D eigenvalue weighted by molar-refractivity contribution is 7.21. The maximum Gasteiger partial charge on any atom is 0.240 e. The van der Waals surface area contributed by atoms with Gasteiger partial charge in [0.2, 0.25) is 20.0 Å². The third kappa shape index (κ3) is 4.50. The van der Waals surface area contributed by atoms with E-state index in [1.807, 2.05) is 24.5 Å². The number of hydrogen-bond donors (Lipinski definition) is 0. The molecule has 0 bridgehead atoms. The van der Waals surface area contributed by atoms with E-state index in [-0.39, 0.29) is 0 Å². The van der Waals surface area contributed by atoms with Crippen molar-refractivity contribution in [2.75, 3.05) is 0 Å². The van der Waals surface area contributed by atoms with Crippen LogP contribution >= 0.6 is 0 Å². The lowest BCUT2D eigenvalue weighted by Gasteiger charge is -2.29. The van der Waals surface area contributed by atoms with Gasteiger partial charge in [-0.3, -0.25) is 19.1 Å². The summed E-state index contributed by atoms with van der Waals surface area (Å²) < 4.78 is 4.35. The molecule has 1 aliphatic rings. The zero-order valence-electron chi connectivity index (χ0n) is 30.5. The fourth-order valence-corrected chi connectivity index (χ4v) is 14.0. The minimum Gasteiger partial charge on any atom is -0.278 e. The van der Waals surface area contributed by atoms with Crippen molar-refractivity contribution in [3.63, 3.8) is 0 Å². The number of fused-ring (bicyclic) bond motifs is 9. The molecule has 0 spiro atoms. The van der Waals surface area contributed by atoms with Crippen LogP contribution in [0.5, 0.6) is 0 Å². The SMILES string of the molecule is c1ccc([Si]2(c3cccc(-c4nc(-n5c6ccccc6c6ccccc65)nc(-n5c6ccccc6c6ccccc65)n4)c3)c3ncccc3-c3cccnc32)cc1. The number of hydrogen-bond acceptors (Lipinski definition) is 5. The summed E-state index contributed by atoms with van der Waals surface area (Å²) in [7, 11) is -2.97. The molecule has 1 aliphatic heterocycles. The van der Waals surface area contributed by atoms with Crippen molar-refractivity contribution < 1.29 is 0 Å². The van der Waals surface area contributed by atoms with Crippen LogP contribution in [-0.4, -0.2) is 42.1 Å². The molecule has 266 valence electrons. The van der Waals surface area contributed by atoms with Gasteiger partial charge in [0.25, 0.3) is 0 Å². The zero-order chi connectivity index (χ0) is 37.5. The van der Waals surface area contributed by atoms with Crippen LogP contribution in [0.4, 0.5) is 0 Å². The summed E-state index contributed by atoms with van der Waals surface area (Å²) in [6, 6.07) is 61.9. The summed E-state index contributed by atoms with van der Waals surface area (Å²) in [5.41, 5.74) is 7.31. The Balaban J connectivity index is 1.16. The predicted molar refractivity (Wildman–Crippen MR) is 232 cm³/mol. The van der Waals surface area contributed by atoms with Crippen LogP contribution < -0.4 is 21.0 Å². The van der Waals surface area contributed by atoms with Crippen molar-refractivity contribution in [2.45, 2.75) is 0 Å². The molecule has 0 amide bonds. The molecular formula is C49H31N7Si. The van der Waals surface area contributed by atoms with Crippen LogP contribution in [0, 0.1) is 0 Å². The van der Waals surface area contributed by atoms with Crippen LogP contribution in [0.25, 0.3) is 78.0 Å². The van der Waals surface area contributed by atoms with Gasteiger partial charge in [-0.2, -0.15) is 15.0 Å².